The first-order valence-electron chi connectivity index (χ1n) is 8.93. The summed E-state index contributed by atoms with van der Waals surface area (Å²) < 4.78 is 40.3. The first-order valence-corrected chi connectivity index (χ1v) is 10.7. The number of methoxy groups -OCH3 is 1. The van der Waals surface area contributed by atoms with Crippen molar-refractivity contribution in [1.82, 2.24) is 4.72 Å². The van der Waals surface area contributed by atoms with Crippen LogP contribution in [0.15, 0.2) is 72.8 Å². The fourth-order valence-electron chi connectivity index (χ4n) is 3.22. The molecule has 0 bridgehead atoms. The first kappa shape index (κ1) is 19.6. The number of anilines is 1. The summed E-state index contributed by atoms with van der Waals surface area (Å²) in [4.78, 5) is 0. The van der Waals surface area contributed by atoms with Crippen LogP contribution in [-0.2, 0) is 10.2 Å². The van der Waals surface area contributed by atoms with E-state index in [2.05, 4.69) is 4.72 Å². The Morgan fingerprint density at radius 1 is 0.966 bits per heavy atom. The lowest BCUT2D eigenvalue weighted by Gasteiger charge is -2.24. The topological polar surface area (TPSA) is 67.9 Å². The molecule has 8 heteroatoms. The molecule has 1 saturated heterocycles. The van der Waals surface area contributed by atoms with E-state index in [1.807, 2.05) is 24.3 Å². The molecule has 0 spiro atoms. The summed E-state index contributed by atoms with van der Waals surface area (Å²) in [6.45, 7) is 0.276. The van der Waals surface area contributed by atoms with Gasteiger partial charge in [0.1, 0.15) is 17.2 Å². The molecule has 3 aromatic rings. The zero-order valence-electron chi connectivity index (χ0n) is 15.6. The highest BCUT2D eigenvalue weighted by Crippen LogP contribution is 2.36. The standard InChI is InChI=1S/C21H19ClN2O4S/c1-27-20-4-2-3-15(13-20)21-14-23-29(25,26)24(21)17-7-11-19(12-8-17)28-18-9-5-16(22)6-10-18/h2-13,21,23H,14H2,1H3. The predicted octanol–water partition coefficient (Wildman–Crippen LogP) is 4.54. The molecular weight excluding hydrogens is 412 g/mol. The van der Waals surface area contributed by atoms with E-state index in [1.54, 1.807) is 55.6 Å². The van der Waals surface area contributed by atoms with E-state index in [0.717, 1.165) is 5.56 Å². The van der Waals surface area contributed by atoms with Gasteiger partial charge in [-0.15, -0.1) is 0 Å². The Balaban J connectivity index is 1.61. The van der Waals surface area contributed by atoms with E-state index in [-0.39, 0.29) is 12.6 Å². The molecule has 1 heterocycles. The van der Waals surface area contributed by atoms with Gasteiger partial charge >= 0.3 is 10.2 Å². The lowest BCUT2D eigenvalue weighted by Crippen LogP contribution is -2.30. The minimum Gasteiger partial charge on any atom is -0.497 e. The van der Waals surface area contributed by atoms with Gasteiger partial charge in [-0.3, -0.25) is 0 Å². The van der Waals surface area contributed by atoms with Gasteiger partial charge in [0.25, 0.3) is 0 Å². The molecule has 1 atom stereocenters. The molecule has 0 radical (unpaired) electrons. The van der Waals surface area contributed by atoms with E-state index in [4.69, 9.17) is 21.1 Å². The highest BCUT2D eigenvalue weighted by Gasteiger charge is 2.38. The van der Waals surface area contributed by atoms with Crippen molar-refractivity contribution in [3.8, 4) is 17.2 Å². The third-order valence-corrected chi connectivity index (χ3v) is 6.39. The molecule has 0 amide bonds. The maximum Gasteiger partial charge on any atom is 0.302 e. The smallest absolute Gasteiger partial charge is 0.302 e. The molecule has 1 fully saturated rings. The van der Waals surface area contributed by atoms with E-state index in [0.29, 0.717) is 28.0 Å². The quantitative estimate of drug-likeness (QED) is 0.645. The van der Waals surface area contributed by atoms with Crippen LogP contribution in [-0.4, -0.2) is 22.1 Å². The highest BCUT2D eigenvalue weighted by atomic mass is 35.5. The molecule has 3 aromatic carbocycles. The van der Waals surface area contributed by atoms with Crippen molar-refractivity contribution < 1.29 is 17.9 Å². The number of rotatable bonds is 5. The van der Waals surface area contributed by atoms with Crippen LogP contribution in [0.5, 0.6) is 17.2 Å². The monoisotopic (exact) mass is 430 g/mol. The van der Waals surface area contributed by atoms with Crippen LogP contribution in [0.2, 0.25) is 5.02 Å². The molecule has 6 nitrogen and oxygen atoms in total. The number of nitrogens with one attached hydrogen (secondary N) is 1. The Morgan fingerprint density at radius 3 is 2.28 bits per heavy atom. The van der Waals surface area contributed by atoms with Crippen molar-refractivity contribution in [2.75, 3.05) is 18.0 Å². The van der Waals surface area contributed by atoms with E-state index < -0.39 is 10.2 Å². The van der Waals surface area contributed by atoms with Gasteiger partial charge in [-0.2, -0.15) is 13.1 Å². The number of hydrogen-bond donors (Lipinski definition) is 1. The predicted molar refractivity (Wildman–Crippen MR) is 113 cm³/mol. The number of hydrogen-bond acceptors (Lipinski definition) is 4. The van der Waals surface area contributed by atoms with Crippen LogP contribution in [0.25, 0.3) is 0 Å². The van der Waals surface area contributed by atoms with Crippen LogP contribution >= 0.6 is 11.6 Å². The molecule has 0 saturated carbocycles. The van der Waals surface area contributed by atoms with Crippen LogP contribution in [0.4, 0.5) is 5.69 Å². The van der Waals surface area contributed by atoms with E-state index in [9.17, 15) is 8.42 Å². The third kappa shape index (κ3) is 4.17. The fraction of sp³-hybridized carbons (Fsp3) is 0.143. The second kappa shape index (κ2) is 7.94. The first-order chi connectivity index (χ1) is 14.0. The zero-order valence-corrected chi connectivity index (χ0v) is 17.2. The molecular formula is C21H19ClN2O4S. The maximum atomic E-state index is 12.6. The van der Waals surface area contributed by atoms with Crippen molar-refractivity contribution in [2.24, 2.45) is 0 Å². The van der Waals surface area contributed by atoms with Crippen LogP contribution in [0.1, 0.15) is 11.6 Å². The molecule has 1 unspecified atom stereocenters. The molecule has 0 aliphatic carbocycles. The summed E-state index contributed by atoms with van der Waals surface area (Å²) in [5.74, 6) is 1.92. The summed E-state index contributed by atoms with van der Waals surface area (Å²) >= 11 is 5.89. The van der Waals surface area contributed by atoms with Crippen LogP contribution in [0.3, 0.4) is 0 Å². The van der Waals surface area contributed by atoms with E-state index >= 15 is 0 Å². The largest absolute Gasteiger partial charge is 0.497 e. The second-order valence-electron chi connectivity index (χ2n) is 6.49. The molecule has 1 N–H and O–H groups in total. The van der Waals surface area contributed by atoms with Crippen molar-refractivity contribution in [3.05, 3.63) is 83.4 Å². The van der Waals surface area contributed by atoms with Gasteiger partial charge in [0, 0.05) is 11.6 Å². The lowest BCUT2D eigenvalue weighted by molar-refractivity contribution is 0.414. The van der Waals surface area contributed by atoms with Crippen LogP contribution < -0.4 is 18.5 Å². The Kier molecular flexibility index (Phi) is 5.36. The molecule has 1 aliphatic heterocycles. The Morgan fingerprint density at radius 2 is 1.62 bits per heavy atom. The molecule has 0 aromatic heterocycles. The Bertz CT molecular complexity index is 1100. The van der Waals surface area contributed by atoms with Gasteiger partial charge in [0.05, 0.1) is 18.8 Å². The minimum absolute atomic E-state index is 0.276. The molecule has 1 aliphatic rings. The number of ether oxygens (including phenoxy) is 2. The zero-order chi connectivity index (χ0) is 20.4. The fourth-order valence-corrected chi connectivity index (χ4v) is 4.79. The number of nitrogens with zero attached hydrogens (tertiary/aromatic N) is 1. The normalized spacial score (nSPS) is 17.9. The molecule has 150 valence electrons. The average Bonchev–Trinajstić information content (AvgIpc) is 3.05. The number of benzene rings is 3. The number of halogens is 1. The van der Waals surface area contributed by atoms with Crippen LogP contribution in [0, 0.1) is 0 Å². The van der Waals surface area contributed by atoms with Crippen molar-refractivity contribution in [2.45, 2.75) is 6.04 Å². The third-order valence-electron chi connectivity index (χ3n) is 4.62. The minimum atomic E-state index is -3.65. The summed E-state index contributed by atoms with van der Waals surface area (Å²) in [5.41, 5.74) is 1.39. The summed E-state index contributed by atoms with van der Waals surface area (Å²) in [6, 6.07) is 21.0. The van der Waals surface area contributed by atoms with Crippen molar-refractivity contribution >= 4 is 27.5 Å². The molecule has 4 rings (SSSR count). The van der Waals surface area contributed by atoms with Crippen molar-refractivity contribution in [1.29, 1.82) is 0 Å². The van der Waals surface area contributed by atoms with Gasteiger partial charge in [-0.25, -0.2) is 4.31 Å². The highest BCUT2D eigenvalue weighted by molar-refractivity contribution is 7.91. The van der Waals surface area contributed by atoms with Gasteiger partial charge in [-0.05, 0) is 66.2 Å². The van der Waals surface area contributed by atoms with Gasteiger partial charge in [0.2, 0.25) is 0 Å². The molecule has 29 heavy (non-hydrogen) atoms. The van der Waals surface area contributed by atoms with Crippen molar-refractivity contribution in [3.63, 3.8) is 0 Å². The summed E-state index contributed by atoms with van der Waals surface area (Å²) in [5, 5.41) is 0.628. The van der Waals surface area contributed by atoms with Gasteiger partial charge < -0.3 is 9.47 Å². The average molecular weight is 431 g/mol. The second-order valence-corrected chi connectivity index (χ2v) is 8.56. The summed E-state index contributed by atoms with van der Waals surface area (Å²) in [7, 11) is -2.06. The van der Waals surface area contributed by atoms with Gasteiger partial charge in [0.15, 0.2) is 0 Å². The Labute approximate surface area is 174 Å². The maximum absolute atomic E-state index is 12.6. The summed E-state index contributed by atoms with van der Waals surface area (Å²) in [6.07, 6.45) is 0. The SMILES string of the molecule is COc1cccc(C2CNS(=O)(=O)N2c2ccc(Oc3ccc(Cl)cc3)cc2)c1. The van der Waals surface area contributed by atoms with Gasteiger partial charge in [-0.1, -0.05) is 23.7 Å². The lowest BCUT2D eigenvalue weighted by atomic mass is 10.1. The Hall–Kier alpha value is -2.74. The van der Waals surface area contributed by atoms with E-state index in [1.165, 1.54) is 4.31 Å².